The molecule has 0 aliphatic rings. The van der Waals surface area contributed by atoms with E-state index in [0.29, 0.717) is 17.3 Å². The predicted molar refractivity (Wildman–Crippen MR) is 137 cm³/mol. The number of carbonyl (C=O) groups is 3. The molecule has 3 rings (SSSR count). The van der Waals surface area contributed by atoms with Crippen molar-refractivity contribution in [2.24, 2.45) is 0 Å². The van der Waals surface area contributed by atoms with Crippen LogP contribution in [0.15, 0.2) is 60.9 Å². The summed E-state index contributed by atoms with van der Waals surface area (Å²) in [4.78, 5) is 49.4. The van der Waals surface area contributed by atoms with Crippen molar-refractivity contribution in [1.29, 1.82) is 0 Å². The number of anilines is 4. The number of rotatable bonds is 8. The Kier molecular flexibility index (Phi) is 8.61. The highest BCUT2D eigenvalue weighted by molar-refractivity contribution is 6.40. The summed E-state index contributed by atoms with van der Waals surface area (Å²) < 4.78 is 0. The van der Waals surface area contributed by atoms with E-state index in [1.54, 1.807) is 13.0 Å². The molecule has 0 aliphatic heterocycles. The molecule has 0 bridgehead atoms. The van der Waals surface area contributed by atoms with Gasteiger partial charge in [-0.2, -0.15) is 0 Å². The number of pyridine rings is 1. The maximum absolute atomic E-state index is 12.6. The molecule has 190 valence electrons. The zero-order valence-electron chi connectivity index (χ0n) is 18.9. The zero-order valence-corrected chi connectivity index (χ0v) is 20.4. The van der Waals surface area contributed by atoms with Crippen molar-refractivity contribution >= 4 is 69.4 Å². The van der Waals surface area contributed by atoms with Gasteiger partial charge in [-0.3, -0.25) is 35.5 Å². The van der Waals surface area contributed by atoms with Gasteiger partial charge in [-0.15, -0.1) is 0 Å². The van der Waals surface area contributed by atoms with Crippen LogP contribution in [0.2, 0.25) is 10.0 Å². The number of carboxylic acid groups (broad SMARTS) is 1. The second kappa shape index (κ2) is 11.8. The van der Waals surface area contributed by atoms with Crippen LogP contribution in [-0.4, -0.2) is 32.8 Å². The number of hydrogen-bond acceptors (Lipinski definition) is 8. The summed E-state index contributed by atoms with van der Waals surface area (Å²) in [6.07, 6.45) is 4.03. The minimum Gasteiger partial charge on any atom is -0.478 e. The molecule has 2 aromatic carbocycles. The van der Waals surface area contributed by atoms with Gasteiger partial charge in [-0.1, -0.05) is 35.3 Å². The lowest BCUT2D eigenvalue weighted by atomic mass is 10.1. The van der Waals surface area contributed by atoms with Gasteiger partial charge in [0.15, 0.2) is 0 Å². The molecule has 37 heavy (non-hydrogen) atoms. The number of carbonyl (C=O) groups excluding carboxylic acids is 2. The van der Waals surface area contributed by atoms with Gasteiger partial charge in [0.05, 0.1) is 31.9 Å². The summed E-state index contributed by atoms with van der Waals surface area (Å²) in [6.45, 7) is 1.68. The molecule has 1 heterocycles. The van der Waals surface area contributed by atoms with Gasteiger partial charge in [0.1, 0.15) is 5.69 Å². The smallest absolute Gasteiger partial charge is 0.328 e. The second-order valence-corrected chi connectivity index (χ2v) is 8.07. The molecule has 12 nitrogen and oxygen atoms in total. The number of carboxylic acids is 1. The molecule has 0 unspecified atom stereocenters. The Morgan fingerprint density at radius 3 is 2.46 bits per heavy atom. The van der Waals surface area contributed by atoms with E-state index in [0.717, 1.165) is 6.08 Å². The number of aromatic nitrogens is 1. The quantitative estimate of drug-likeness (QED) is 0.155. The van der Waals surface area contributed by atoms with Crippen LogP contribution < -0.4 is 21.5 Å². The summed E-state index contributed by atoms with van der Waals surface area (Å²) in [5, 5.41) is 26.2. The third kappa shape index (κ3) is 6.72. The van der Waals surface area contributed by atoms with E-state index in [1.807, 2.05) is 0 Å². The number of nitrogens with one attached hydrogen (secondary N) is 4. The van der Waals surface area contributed by atoms with Gasteiger partial charge in [0, 0.05) is 36.3 Å². The van der Waals surface area contributed by atoms with E-state index in [-0.39, 0.29) is 38.4 Å². The first kappa shape index (κ1) is 26.9. The van der Waals surface area contributed by atoms with E-state index in [1.165, 1.54) is 42.7 Å². The highest BCUT2D eigenvalue weighted by Gasteiger charge is 2.19. The van der Waals surface area contributed by atoms with Crippen molar-refractivity contribution in [3.05, 3.63) is 92.2 Å². The van der Waals surface area contributed by atoms with Crippen LogP contribution in [0.5, 0.6) is 0 Å². The average Bonchev–Trinajstić information content (AvgIpc) is 2.87. The fourth-order valence-electron chi connectivity index (χ4n) is 3.04. The fourth-order valence-corrected chi connectivity index (χ4v) is 3.59. The van der Waals surface area contributed by atoms with Crippen molar-refractivity contribution in [3.63, 3.8) is 0 Å². The average molecular weight is 545 g/mol. The monoisotopic (exact) mass is 544 g/mol. The van der Waals surface area contributed by atoms with Gasteiger partial charge in [-0.25, -0.2) is 4.79 Å². The van der Waals surface area contributed by atoms with Gasteiger partial charge < -0.3 is 15.7 Å². The summed E-state index contributed by atoms with van der Waals surface area (Å²) in [7, 11) is 0. The standard InChI is InChI=1S/C23H18Cl2N6O6/c1-12-17(10-14(24)22(21(12)25)28-16-4-2-3-5-18(16)31(36)37)27-15-8-9-26-11-13(15)23(35)30-29-19(32)6-7-20(33)34/h2-11,28H,1H3,(H,26,27)(H,29,32)(H,30,35)(H,33,34)/b7-6+. The van der Waals surface area contributed by atoms with Crippen molar-refractivity contribution in [3.8, 4) is 0 Å². The molecular formula is C23H18Cl2N6O6. The molecule has 0 saturated heterocycles. The number of amides is 2. The summed E-state index contributed by atoms with van der Waals surface area (Å²) in [5.41, 5.74) is 5.78. The summed E-state index contributed by atoms with van der Waals surface area (Å²) in [6, 6.07) is 9.05. The number of nitro groups is 1. The molecule has 5 N–H and O–H groups in total. The Bertz CT molecular complexity index is 1430. The van der Waals surface area contributed by atoms with Gasteiger partial charge >= 0.3 is 5.97 Å². The van der Waals surface area contributed by atoms with Crippen LogP contribution in [0.4, 0.5) is 28.4 Å². The van der Waals surface area contributed by atoms with Crippen molar-refractivity contribution in [2.75, 3.05) is 10.6 Å². The van der Waals surface area contributed by atoms with Gasteiger partial charge in [0.2, 0.25) is 0 Å². The Morgan fingerprint density at radius 2 is 1.76 bits per heavy atom. The number of aliphatic carboxylic acids is 1. The van der Waals surface area contributed by atoms with Crippen LogP contribution in [-0.2, 0) is 9.59 Å². The first-order valence-corrected chi connectivity index (χ1v) is 11.1. The predicted octanol–water partition coefficient (Wildman–Crippen LogP) is 4.49. The molecule has 14 heteroatoms. The molecule has 2 amide bonds. The number of nitrogens with zero attached hydrogens (tertiary/aromatic N) is 2. The molecule has 0 saturated carbocycles. The third-order valence-electron chi connectivity index (χ3n) is 4.83. The van der Waals surface area contributed by atoms with E-state index >= 15 is 0 Å². The lowest BCUT2D eigenvalue weighted by molar-refractivity contribution is -0.383. The summed E-state index contributed by atoms with van der Waals surface area (Å²) >= 11 is 13.0. The largest absolute Gasteiger partial charge is 0.478 e. The zero-order chi connectivity index (χ0) is 27.1. The van der Waals surface area contributed by atoms with E-state index in [4.69, 9.17) is 28.3 Å². The van der Waals surface area contributed by atoms with Crippen molar-refractivity contribution in [1.82, 2.24) is 15.8 Å². The number of halogens is 2. The van der Waals surface area contributed by atoms with E-state index in [2.05, 4.69) is 26.5 Å². The van der Waals surface area contributed by atoms with Crippen LogP contribution in [0.1, 0.15) is 15.9 Å². The minimum absolute atomic E-state index is 0.0405. The summed E-state index contributed by atoms with van der Waals surface area (Å²) in [5.74, 6) is -2.92. The van der Waals surface area contributed by atoms with Crippen LogP contribution in [0, 0.1) is 17.0 Å². The SMILES string of the molecule is Cc1c(Nc2ccncc2C(=O)NNC(=O)/C=C/C(=O)O)cc(Cl)c(Nc2ccccc2[N+](=O)[O-])c1Cl. The molecule has 0 atom stereocenters. The Hall–Kier alpha value is -4.68. The number of nitro benzene ring substituents is 1. The highest BCUT2D eigenvalue weighted by Crippen LogP contribution is 2.41. The molecule has 0 aliphatic carbocycles. The lowest BCUT2D eigenvalue weighted by Gasteiger charge is -2.18. The number of benzene rings is 2. The fraction of sp³-hybridized carbons (Fsp3) is 0.0435. The minimum atomic E-state index is -1.32. The molecule has 3 aromatic rings. The number of hydrogen-bond donors (Lipinski definition) is 5. The van der Waals surface area contributed by atoms with Crippen molar-refractivity contribution < 1.29 is 24.4 Å². The maximum Gasteiger partial charge on any atom is 0.328 e. The van der Waals surface area contributed by atoms with Crippen molar-refractivity contribution in [2.45, 2.75) is 6.92 Å². The Balaban J connectivity index is 1.85. The first-order chi connectivity index (χ1) is 17.6. The second-order valence-electron chi connectivity index (χ2n) is 7.28. The van der Waals surface area contributed by atoms with Gasteiger partial charge in [-0.05, 0) is 30.7 Å². The Labute approximate surface area is 219 Å². The molecule has 1 aromatic heterocycles. The lowest BCUT2D eigenvalue weighted by Crippen LogP contribution is -2.41. The number of para-hydroxylation sites is 2. The van der Waals surface area contributed by atoms with E-state index < -0.39 is 22.7 Å². The molecular weight excluding hydrogens is 527 g/mol. The maximum atomic E-state index is 12.6. The molecule has 0 fully saturated rings. The third-order valence-corrected chi connectivity index (χ3v) is 5.61. The van der Waals surface area contributed by atoms with Gasteiger partial charge in [0.25, 0.3) is 17.5 Å². The molecule has 0 radical (unpaired) electrons. The topological polar surface area (TPSA) is 176 Å². The van der Waals surface area contributed by atoms with Crippen LogP contribution in [0.3, 0.4) is 0 Å². The van der Waals surface area contributed by atoms with Crippen LogP contribution >= 0.6 is 23.2 Å². The van der Waals surface area contributed by atoms with Crippen LogP contribution in [0.25, 0.3) is 0 Å². The highest BCUT2D eigenvalue weighted by atomic mass is 35.5. The molecule has 0 spiro atoms. The Morgan fingerprint density at radius 1 is 1.03 bits per heavy atom. The normalized spacial score (nSPS) is 10.6. The first-order valence-electron chi connectivity index (χ1n) is 10.3. The van der Waals surface area contributed by atoms with E-state index in [9.17, 15) is 24.5 Å². The number of hydrazine groups is 1.